The molecule has 1 unspecified atom stereocenters. The van der Waals surface area contributed by atoms with Crippen LogP contribution in [0.3, 0.4) is 0 Å². The number of halogens is 7. The lowest BCUT2D eigenvalue weighted by Gasteiger charge is -2.28. The molecule has 21 heavy (non-hydrogen) atoms. The minimum atomic E-state index is -5.48. The Hall–Kier alpha value is -0.960. The molecule has 0 aliphatic carbocycles. The molecule has 1 rings (SSSR count). The fourth-order valence-corrected chi connectivity index (χ4v) is 2.42. The van der Waals surface area contributed by atoms with Crippen LogP contribution >= 0.6 is 11.6 Å². The van der Waals surface area contributed by atoms with Crippen molar-refractivity contribution in [3.8, 4) is 0 Å². The van der Waals surface area contributed by atoms with Crippen molar-refractivity contribution in [2.75, 3.05) is 0 Å². The van der Waals surface area contributed by atoms with Gasteiger partial charge in [-0.2, -0.15) is 31.4 Å². The van der Waals surface area contributed by atoms with Crippen molar-refractivity contribution in [1.82, 2.24) is 9.78 Å². The van der Waals surface area contributed by atoms with Gasteiger partial charge in [0, 0.05) is 19.5 Å². The van der Waals surface area contributed by atoms with Crippen LogP contribution in [0.1, 0.15) is 18.3 Å². The summed E-state index contributed by atoms with van der Waals surface area (Å²) in [7, 11) is 1.39. The molecule has 1 atom stereocenters. The zero-order valence-corrected chi connectivity index (χ0v) is 11.9. The lowest BCUT2D eigenvalue weighted by molar-refractivity contribution is -0.289. The molecule has 0 spiro atoms. The van der Waals surface area contributed by atoms with Gasteiger partial charge in [-0.15, -0.1) is 0 Å². The summed E-state index contributed by atoms with van der Waals surface area (Å²) >= 11 is 5.91. The van der Waals surface area contributed by atoms with Gasteiger partial charge >= 0.3 is 12.4 Å². The Morgan fingerprint density at radius 2 is 1.67 bits per heavy atom. The second-order valence-electron chi connectivity index (χ2n) is 4.61. The largest absolute Gasteiger partial charge is 0.402 e. The number of nitrogens with two attached hydrogens (primary N) is 1. The maximum atomic E-state index is 12.6. The van der Waals surface area contributed by atoms with Crippen LogP contribution in [0.25, 0.3) is 0 Å². The summed E-state index contributed by atoms with van der Waals surface area (Å²) in [6, 6.07) is -2.19. The molecule has 0 aromatic carbocycles. The summed E-state index contributed by atoms with van der Waals surface area (Å²) < 4.78 is 76.7. The van der Waals surface area contributed by atoms with Gasteiger partial charge in [-0.1, -0.05) is 18.5 Å². The first-order chi connectivity index (χ1) is 9.39. The molecule has 0 amide bonds. The Kier molecular flexibility index (Phi) is 5.20. The Morgan fingerprint density at radius 1 is 1.19 bits per heavy atom. The van der Waals surface area contributed by atoms with Crippen molar-refractivity contribution in [2.45, 2.75) is 38.2 Å². The Morgan fingerprint density at radius 3 is 2.00 bits per heavy atom. The smallest absolute Gasteiger partial charge is 0.326 e. The summed E-state index contributed by atoms with van der Waals surface area (Å²) in [5.41, 5.74) is 5.63. The molecule has 0 fully saturated rings. The average molecular weight is 338 g/mol. The third-order valence-corrected chi connectivity index (χ3v) is 3.50. The maximum absolute atomic E-state index is 12.6. The third-order valence-electron chi connectivity index (χ3n) is 3.07. The van der Waals surface area contributed by atoms with E-state index < -0.39 is 30.7 Å². The number of aryl methyl sites for hydroxylation is 2. The topological polar surface area (TPSA) is 43.8 Å². The fourth-order valence-electron chi connectivity index (χ4n) is 2.05. The van der Waals surface area contributed by atoms with E-state index in [0.717, 1.165) is 4.68 Å². The van der Waals surface area contributed by atoms with Gasteiger partial charge in [0.1, 0.15) is 0 Å². The van der Waals surface area contributed by atoms with E-state index >= 15 is 0 Å². The summed E-state index contributed by atoms with van der Waals surface area (Å²) in [6.07, 6.45) is -11.2. The van der Waals surface area contributed by atoms with Gasteiger partial charge in [-0.3, -0.25) is 4.68 Å². The van der Waals surface area contributed by atoms with E-state index in [9.17, 15) is 26.3 Å². The minimum absolute atomic E-state index is 0.0542. The first-order valence-electron chi connectivity index (χ1n) is 5.98. The van der Waals surface area contributed by atoms with Gasteiger partial charge in [-0.25, -0.2) is 0 Å². The van der Waals surface area contributed by atoms with Crippen LogP contribution in [0.4, 0.5) is 26.3 Å². The predicted octanol–water partition coefficient (Wildman–Crippen LogP) is 3.25. The summed E-state index contributed by atoms with van der Waals surface area (Å²) in [5, 5.41) is 3.99. The van der Waals surface area contributed by atoms with Gasteiger partial charge < -0.3 is 5.73 Å². The highest BCUT2D eigenvalue weighted by atomic mass is 35.5. The molecular formula is C11H14ClF6N3. The van der Waals surface area contributed by atoms with E-state index in [1.54, 1.807) is 6.92 Å². The molecule has 2 N–H and O–H groups in total. The van der Waals surface area contributed by atoms with Crippen molar-refractivity contribution >= 4 is 11.6 Å². The summed E-state index contributed by atoms with van der Waals surface area (Å²) in [4.78, 5) is 0. The normalized spacial score (nSPS) is 14.8. The Bertz CT molecular complexity index is 479. The summed E-state index contributed by atoms with van der Waals surface area (Å²) in [6.45, 7) is 1.71. The number of hydrogen-bond donors (Lipinski definition) is 1. The molecule has 0 aliphatic heterocycles. The van der Waals surface area contributed by atoms with Crippen LogP contribution in [0.2, 0.25) is 5.02 Å². The zero-order chi connectivity index (χ0) is 16.6. The standard InChI is InChI=1S/C11H14ClF6N3/c1-3-6-8(12)7(21(2)20-6)4-5(19)9(10(13,14)15)11(16,17)18/h5,9H,3-4,19H2,1-2H3. The SMILES string of the molecule is CCc1nn(C)c(CC(N)C(C(F)(F)F)C(F)(F)F)c1Cl. The van der Waals surface area contributed by atoms with Crippen molar-refractivity contribution in [3.05, 3.63) is 16.4 Å². The van der Waals surface area contributed by atoms with Crippen LogP contribution in [-0.2, 0) is 19.9 Å². The Labute approximate surface area is 122 Å². The van der Waals surface area contributed by atoms with Crippen LogP contribution in [0.15, 0.2) is 0 Å². The molecule has 1 aromatic heterocycles. The lowest BCUT2D eigenvalue weighted by atomic mass is 9.95. The molecule has 0 saturated heterocycles. The van der Waals surface area contributed by atoms with E-state index in [1.807, 2.05) is 0 Å². The van der Waals surface area contributed by atoms with E-state index in [1.165, 1.54) is 7.05 Å². The highest BCUT2D eigenvalue weighted by Gasteiger charge is 2.59. The number of hydrogen-bond acceptors (Lipinski definition) is 2. The van der Waals surface area contributed by atoms with E-state index in [0.29, 0.717) is 12.1 Å². The number of nitrogens with zero attached hydrogens (tertiary/aromatic N) is 2. The first kappa shape index (κ1) is 18.1. The summed E-state index contributed by atoms with van der Waals surface area (Å²) in [5.74, 6) is -3.61. The van der Waals surface area contributed by atoms with E-state index in [-0.39, 0.29) is 10.7 Å². The Balaban J connectivity index is 3.09. The molecule has 0 radical (unpaired) electrons. The quantitative estimate of drug-likeness (QED) is 0.857. The first-order valence-corrected chi connectivity index (χ1v) is 6.36. The van der Waals surface area contributed by atoms with Crippen LogP contribution in [-0.4, -0.2) is 28.2 Å². The van der Waals surface area contributed by atoms with Crippen LogP contribution < -0.4 is 5.73 Å². The second kappa shape index (κ2) is 6.04. The fraction of sp³-hybridized carbons (Fsp3) is 0.727. The second-order valence-corrected chi connectivity index (χ2v) is 4.99. The molecule has 0 saturated carbocycles. The van der Waals surface area contributed by atoms with Gasteiger partial charge in [0.2, 0.25) is 0 Å². The van der Waals surface area contributed by atoms with Crippen molar-refractivity contribution in [2.24, 2.45) is 18.7 Å². The molecule has 3 nitrogen and oxygen atoms in total. The van der Waals surface area contributed by atoms with Crippen LogP contribution in [0.5, 0.6) is 0 Å². The minimum Gasteiger partial charge on any atom is -0.326 e. The molecule has 1 aromatic rings. The lowest BCUT2D eigenvalue weighted by Crippen LogP contribution is -2.50. The van der Waals surface area contributed by atoms with Gasteiger partial charge in [-0.05, 0) is 6.42 Å². The number of rotatable bonds is 4. The molecule has 0 bridgehead atoms. The average Bonchev–Trinajstić information content (AvgIpc) is 2.52. The molecular weight excluding hydrogens is 324 g/mol. The highest BCUT2D eigenvalue weighted by molar-refractivity contribution is 6.31. The van der Waals surface area contributed by atoms with Crippen LogP contribution in [0, 0.1) is 5.92 Å². The highest BCUT2D eigenvalue weighted by Crippen LogP contribution is 2.41. The van der Waals surface area contributed by atoms with Gasteiger partial charge in [0.25, 0.3) is 0 Å². The molecule has 122 valence electrons. The van der Waals surface area contributed by atoms with Crippen molar-refractivity contribution in [1.29, 1.82) is 0 Å². The van der Waals surface area contributed by atoms with Crippen molar-refractivity contribution < 1.29 is 26.3 Å². The van der Waals surface area contributed by atoms with Gasteiger partial charge in [0.15, 0.2) is 5.92 Å². The number of alkyl halides is 6. The maximum Gasteiger partial charge on any atom is 0.402 e. The number of aromatic nitrogens is 2. The molecule has 1 heterocycles. The third kappa shape index (κ3) is 4.03. The van der Waals surface area contributed by atoms with Gasteiger partial charge in [0.05, 0.1) is 16.4 Å². The molecule has 10 heteroatoms. The monoisotopic (exact) mass is 337 g/mol. The zero-order valence-electron chi connectivity index (χ0n) is 11.2. The molecule has 0 aliphatic rings. The van der Waals surface area contributed by atoms with Crippen molar-refractivity contribution in [3.63, 3.8) is 0 Å². The van der Waals surface area contributed by atoms with E-state index in [2.05, 4.69) is 5.10 Å². The van der Waals surface area contributed by atoms with E-state index in [4.69, 9.17) is 17.3 Å². The predicted molar refractivity (Wildman–Crippen MR) is 64.9 cm³/mol.